The van der Waals surface area contributed by atoms with E-state index in [1.54, 1.807) is 0 Å². The third-order valence-corrected chi connectivity index (χ3v) is 0.916. The van der Waals surface area contributed by atoms with Crippen LogP contribution < -0.4 is 17.2 Å². The molecule has 1 atom stereocenters. The molecule has 0 aliphatic heterocycles. The van der Waals surface area contributed by atoms with Crippen LogP contribution in [0.1, 0.15) is 0 Å². The molecule has 0 radical (unpaired) electrons. The zero-order chi connectivity index (χ0) is 6.57. The summed E-state index contributed by atoms with van der Waals surface area (Å²) < 4.78 is 3.47. The summed E-state index contributed by atoms with van der Waals surface area (Å²) >= 11 is 0. The Balaban J connectivity index is 3.45. The zero-order valence-electron chi connectivity index (χ0n) is 4.18. The first-order valence-electron chi connectivity index (χ1n) is 1.81. The highest BCUT2D eigenvalue weighted by molar-refractivity contribution is 7.56. The van der Waals surface area contributed by atoms with Gasteiger partial charge < -0.3 is 17.2 Å². The second-order valence-corrected chi connectivity index (χ2v) is 2.05. The van der Waals surface area contributed by atoms with E-state index in [9.17, 15) is 0 Å². The van der Waals surface area contributed by atoms with Crippen LogP contribution in [0.25, 0.3) is 0 Å². The summed E-state index contributed by atoms with van der Waals surface area (Å²) in [6.45, 7) is 0. The molecule has 0 saturated carbocycles. The van der Waals surface area contributed by atoms with Crippen LogP contribution >= 0.6 is 8.73 Å². The SMILES string of the molecule is N=C(N)PN=C(N)N. The van der Waals surface area contributed by atoms with Crippen molar-refractivity contribution in [3.8, 4) is 0 Å². The van der Waals surface area contributed by atoms with Crippen molar-refractivity contribution in [3.63, 3.8) is 0 Å². The fraction of sp³-hybridized carbons (Fsp3) is 0. The molecule has 7 N–H and O–H groups in total. The number of nitrogens with zero attached hydrogens (tertiary/aromatic N) is 1. The standard InChI is InChI=1S/C2H8N5P/c3-1(4)7-8-2(5)6/h8H,(H3,5,6)(H4,3,4,7). The summed E-state index contributed by atoms with van der Waals surface area (Å²) in [7, 11) is -0.132. The Labute approximate surface area is 48.7 Å². The summed E-state index contributed by atoms with van der Waals surface area (Å²) in [6.07, 6.45) is 0. The second kappa shape index (κ2) is 3.21. The molecule has 0 aromatic carbocycles. The molecule has 0 spiro atoms. The molecule has 0 fully saturated rings. The van der Waals surface area contributed by atoms with Crippen molar-refractivity contribution in [1.82, 2.24) is 0 Å². The first kappa shape index (κ1) is 7.17. The third-order valence-electron chi connectivity index (χ3n) is 0.305. The lowest BCUT2D eigenvalue weighted by atomic mass is 11.1. The lowest BCUT2D eigenvalue weighted by molar-refractivity contribution is 1.49. The highest BCUT2D eigenvalue weighted by Crippen LogP contribution is 2.06. The first-order valence-corrected chi connectivity index (χ1v) is 2.76. The van der Waals surface area contributed by atoms with Crippen molar-refractivity contribution in [2.45, 2.75) is 0 Å². The Hall–Kier alpha value is -0.830. The number of rotatable bonds is 2. The number of hydrogen-bond donors (Lipinski definition) is 4. The Morgan fingerprint density at radius 3 is 2.00 bits per heavy atom. The highest BCUT2D eigenvalue weighted by atomic mass is 31.1. The molecular weight excluding hydrogens is 125 g/mol. The molecule has 6 heteroatoms. The summed E-state index contributed by atoms with van der Waals surface area (Å²) in [6, 6.07) is 0. The van der Waals surface area contributed by atoms with E-state index in [2.05, 4.69) is 4.76 Å². The van der Waals surface area contributed by atoms with Crippen LogP contribution in [0.15, 0.2) is 4.76 Å². The van der Waals surface area contributed by atoms with E-state index in [-0.39, 0.29) is 20.3 Å². The van der Waals surface area contributed by atoms with Gasteiger partial charge in [0.2, 0.25) is 0 Å². The molecular formula is C2H8N5P. The fourth-order valence-electron chi connectivity index (χ4n) is 0.125. The van der Waals surface area contributed by atoms with Gasteiger partial charge in [0.05, 0.1) is 8.73 Å². The summed E-state index contributed by atoms with van der Waals surface area (Å²) in [5, 5.41) is 6.66. The Morgan fingerprint density at radius 1 is 1.38 bits per heavy atom. The molecule has 0 aliphatic rings. The minimum absolute atomic E-state index is 0.0154. The molecule has 0 rings (SSSR count). The van der Waals surface area contributed by atoms with Gasteiger partial charge in [-0.15, -0.1) is 0 Å². The van der Waals surface area contributed by atoms with Gasteiger partial charge in [-0.25, -0.2) is 4.76 Å². The van der Waals surface area contributed by atoms with Gasteiger partial charge in [-0.3, -0.25) is 5.41 Å². The van der Waals surface area contributed by atoms with Gasteiger partial charge in [-0.05, 0) is 0 Å². The normalized spacial score (nSPS) is 9.50. The van der Waals surface area contributed by atoms with Gasteiger partial charge in [0.25, 0.3) is 0 Å². The highest BCUT2D eigenvalue weighted by Gasteiger charge is 1.82. The summed E-state index contributed by atoms with van der Waals surface area (Å²) in [5.74, 6) is -0.0291. The summed E-state index contributed by atoms with van der Waals surface area (Å²) in [5.41, 5.74) is 14.7. The van der Waals surface area contributed by atoms with E-state index in [0.717, 1.165) is 0 Å². The molecule has 0 bridgehead atoms. The molecule has 5 nitrogen and oxygen atoms in total. The average Bonchev–Trinajstić information content (AvgIpc) is 1.61. The van der Waals surface area contributed by atoms with Crippen molar-refractivity contribution in [1.29, 1.82) is 5.41 Å². The van der Waals surface area contributed by atoms with Crippen LogP contribution in [0.5, 0.6) is 0 Å². The van der Waals surface area contributed by atoms with Crippen molar-refractivity contribution >= 4 is 20.3 Å². The van der Waals surface area contributed by atoms with Crippen LogP contribution in [0.4, 0.5) is 0 Å². The first-order chi connectivity index (χ1) is 3.63. The predicted molar refractivity (Wildman–Crippen MR) is 36.0 cm³/mol. The monoisotopic (exact) mass is 133 g/mol. The van der Waals surface area contributed by atoms with Crippen molar-refractivity contribution < 1.29 is 0 Å². The van der Waals surface area contributed by atoms with Crippen LogP contribution in [0.3, 0.4) is 0 Å². The molecule has 0 aliphatic carbocycles. The van der Waals surface area contributed by atoms with Crippen LogP contribution in [-0.4, -0.2) is 11.5 Å². The molecule has 1 unspecified atom stereocenters. The van der Waals surface area contributed by atoms with E-state index < -0.39 is 0 Å². The van der Waals surface area contributed by atoms with Gasteiger partial charge in [0, 0.05) is 0 Å². The molecule has 0 heterocycles. The zero-order valence-corrected chi connectivity index (χ0v) is 5.18. The number of nitrogens with two attached hydrogens (primary N) is 3. The van der Waals surface area contributed by atoms with Crippen molar-refractivity contribution in [3.05, 3.63) is 0 Å². The minimum Gasteiger partial charge on any atom is -0.383 e. The number of nitrogens with one attached hydrogen (secondary N) is 1. The number of amidine groups is 1. The van der Waals surface area contributed by atoms with Crippen LogP contribution in [-0.2, 0) is 0 Å². The largest absolute Gasteiger partial charge is 0.383 e. The maximum absolute atomic E-state index is 6.66. The van der Waals surface area contributed by atoms with E-state index >= 15 is 0 Å². The minimum atomic E-state index is -0.132. The molecule has 0 aromatic rings. The van der Waals surface area contributed by atoms with Gasteiger partial charge in [-0.2, -0.15) is 0 Å². The Bertz CT molecular complexity index is 114. The van der Waals surface area contributed by atoms with E-state index in [1.165, 1.54) is 0 Å². The fourth-order valence-corrected chi connectivity index (χ4v) is 0.374. The molecule has 0 aromatic heterocycles. The maximum atomic E-state index is 6.66. The lowest BCUT2D eigenvalue weighted by Gasteiger charge is -1.88. The van der Waals surface area contributed by atoms with Crippen LogP contribution in [0.2, 0.25) is 0 Å². The molecule has 0 saturated heterocycles. The number of hydrogen-bond acceptors (Lipinski definition) is 2. The van der Waals surface area contributed by atoms with E-state index in [1.807, 2.05) is 0 Å². The Morgan fingerprint density at radius 2 is 1.88 bits per heavy atom. The van der Waals surface area contributed by atoms with Crippen LogP contribution in [0, 0.1) is 5.41 Å². The maximum Gasteiger partial charge on any atom is 0.189 e. The van der Waals surface area contributed by atoms with Crippen molar-refractivity contribution in [2.75, 3.05) is 0 Å². The summed E-state index contributed by atoms with van der Waals surface area (Å²) in [4.78, 5) is 0. The van der Waals surface area contributed by atoms with Gasteiger partial charge >= 0.3 is 0 Å². The third kappa shape index (κ3) is 5.17. The van der Waals surface area contributed by atoms with Crippen molar-refractivity contribution in [2.24, 2.45) is 22.0 Å². The second-order valence-electron chi connectivity index (χ2n) is 1.06. The van der Waals surface area contributed by atoms with Gasteiger partial charge in [-0.1, -0.05) is 0 Å². The van der Waals surface area contributed by atoms with Gasteiger partial charge in [0.1, 0.15) is 5.58 Å². The topological polar surface area (TPSA) is 114 Å². The predicted octanol–water partition coefficient (Wildman–Crippen LogP) is -1.25. The lowest BCUT2D eigenvalue weighted by Crippen LogP contribution is -2.21. The average molecular weight is 133 g/mol. The quantitative estimate of drug-likeness (QED) is 0.214. The smallest absolute Gasteiger partial charge is 0.189 e. The van der Waals surface area contributed by atoms with E-state index in [4.69, 9.17) is 22.6 Å². The Kier molecular flexibility index (Phi) is 2.88. The molecule has 0 amide bonds. The number of guanidine groups is 1. The van der Waals surface area contributed by atoms with Gasteiger partial charge in [0.15, 0.2) is 5.96 Å². The molecule has 8 heavy (non-hydrogen) atoms. The molecule has 46 valence electrons. The van der Waals surface area contributed by atoms with E-state index in [0.29, 0.717) is 0 Å².